The Kier molecular flexibility index (Phi) is 3.00. The van der Waals surface area contributed by atoms with Crippen LogP contribution in [0.3, 0.4) is 0 Å². The molecule has 0 saturated heterocycles. The van der Waals surface area contributed by atoms with Crippen LogP contribution in [0.2, 0.25) is 0 Å². The summed E-state index contributed by atoms with van der Waals surface area (Å²) in [5, 5.41) is 0. The minimum Gasteiger partial charge on any atom is -0.226 e. The molecule has 1 aromatic carbocycles. The molecule has 1 aromatic rings. The van der Waals surface area contributed by atoms with E-state index >= 15 is 0 Å². The Hall–Kier alpha value is -0.670. The number of hydrogen-bond acceptors (Lipinski definition) is 1. The van der Waals surface area contributed by atoms with E-state index in [2.05, 4.69) is 4.84 Å². The van der Waals surface area contributed by atoms with Gasteiger partial charge >= 0.3 is 0 Å². The van der Waals surface area contributed by atoms with Crippen molar-refractivity contribution in [3.05, 3.63) is 35.4 Å². The molecule has 0 aliphatic heterocycles. The highest BCUT2D eigenvalue weighted by atomic mass is 35.5. The van der Waals surface area contributed by atoms with Crippen molar-refractivity contribution in [2.45, 2.75) is 13.0 Å². The summed E-state index contributed by atoms with van der Waals surface area (Å²) in [6.45, 7) is 1.58. The fourth-order valence-electron chi connectivity index (χ4n) is 0.979. The van der Waals surface area contributed by atoms with Crippen LogP contribution in [0, 0.1) is 11.6 Å². The largest absolute Gasteiger partial charge is 0.226 e. The zero-order valence-corrected chi connectivity index (χ0v) is 7.20. The highest BCUT2D eigenvalue weighted by molar-refractivity contribution is 6.13. The van der Waals surface area contributed by atoms with Crippen LogP contribution < -0.4 is 4.84 Å². The van der Waals surface area contributed by atoms with Crippen molar-refractivity contribution in [3.8, 4) is 0 Å². The monoisotopic (exact) mass is 191 g/mol. The van der Waals surface area contributed by atoms with Gasteiger partial charge in [-0.3, -0.25) is 0 Å². The molecule has 1 nitrogen and oxygen atoms in total. The first-order valence-corrected chi connectivity index (χ1v) is 3.84. The predicted octanol–water partition coefficient (Wildman–Crippen LogP) is 2.77. The van der Waals surface area contributed by atoms with Crippen LogP contribution in [-0.4, -0.2) is 0 Å². The van der Waals surface area contributed by atoms with Crippen LogP contribution in [0.1, 0.15) is 18.5 Å². The molecule has 1 N–H and O–H groups in total. The number of nitrogens with one attached hydrogen (secondary N) is 1. The smallest absolute Gasteiger partial charge is 0.130 e. The van der Waals surface area contributed by atoms with Crippen molar-refractivity contribution in [1.29, 1.82) is 0 Å². The fourth-order valence-corrected chi connectivity index (χ4v) is 1.09. The van der Waals surface area contributed by atoms with Gasteiger partial charge in [0.1, 0.15) is 11.6 Å². The topological polar surface area (TPSA) is 12.0 Å². The molecule has 0 aliphatic carbocycles. The highest BCUT2D eigenvalue weighted by Gasteiger charge is 2.14. The maximum atomic E-state index is 12.9. The summed E-state index contributed by atoms with van der Waals surface area (Å²) in [5.41, 5.74) is -0.0347. The van der Waals surface area contributed by atoms with Crippen LogP contribution in [-0.2, 0) is 0 Å². The van der Waals surface area contributed by atoms with Crippen molar-refractivity contribution in [1.82, 2.24) is 4.84 Å². The summed E-state index contributed by atoms with van der Waals surface area (Å²) in [6, 6.07) is 3.18. The molecule has 0 radical (unpaired) electrons. The Labute approximate surface area is 74.5 Å². The normalized spacial score (nSPS) is 13.0. The Morgan fingerprint density at radius 1 is 1.33 bits per heavy atom. The third kappa shape index (κ3) is 1.73. The lowest BCUT2D eigenvalue weighted by Crippen LogP contribution is -2.10. The number of benzene rings is 1. The van der Waals surface area contributed by atoms with Crippen molar-refractivity contribution >= 4 is 11.8 Å². The number of halogens is 3. The zero-order valence-electron chi connectivity index (χ0n) is 6.44. The lowest BCUT2D eigenvalue weighted by Gasteiger charge is -2.10. The molecule has 0 aromatic heterocycles. The maximum Gasteiger partial charge on any atom is 0.130 e. The Bertz CT molecular complexity index is 258. The van der Waals surface area contributed by atoms with E-state index in [0.29, 0.717) is 0 Å². The SMILES string of the molecule is CC(NCl)c1c(F)cccc1F. The van der Waals surface area contributed by atoms with Gasteiger partial charge < -0.3 is 0 Å². The standard InChI is InChI=1S/C8H8ClF2N/c1-5(12-9)8-6(10)3-2-4-7(8)11/h2-5,12H,1H3. The van der Waals surface area contributed by atoms with E-state index in [0.717, 1.165) is 0 Å². The minimum absolute atomic E-state index is 0.0347. The van der Waals surface area contributed by atoms with E-state index in [9.17, 15) is 8.78 Å². The second-order valence-electron chi connectivity index (χ2n) is 2.47. The van der Waals surface area contributed by atoms with Crippen molar-refractivity contribution < 1.29 is 8.78 Å². The quantitative estimate of drug-likeness (QED) is 0.709. The molecule has 4 heteroatoms. The van der Waals surface area contributed by atoms with E-state index < -0.39 is 17.7 Å². The predicted molar refractivity (Wildman–Crippen MR) is 43.8 cm³/mol. The lowest BCUT2D eigenvalue weighted by molar-refractivity contribution is 0.527. The summed E-state index contributed by atoms with van der Waals surface area (Å²) < 4.78 is 25.9. The van der Waals surface area contributed by atoms with Crippen molar-refractivity contribution in [2.24, 2.45) is 0 Å². The molecule has 0 saturated carbocycles. The molecule has 66 valence electrons. The fraction of sp³-hybridized carbons (Fsp3) is 0.250. The molecular formula is C8H8ClF2N. The third-order valence-electron chi connectivity index (χ3n) is 1.60. The summed E-state index contributed by atoms with van der Waals surface area (Å²) in [6.07, 6.45) is 0. The van der Waals surface area contributed by atoms with Gasteiger partial charge in [0.2, 0.25) is 0 Å². The molecule has 0 heterocycles. The minimum atomic E-state index is -0.587. The van der Waals surface area contributed by atoms with Gasteiger partial charge in [-0.05, 0) is 30.8 Å². The van der Waals surface area contributed by atoms with E-state index in [-0.39, 0.29) is 5.56 Å². The molecule has 0 fully saturated rings. The molecule has 0 amide bonds. The lowest BCUT2D eigenvalue weighted by atomic mass is 10.1. The van der Waals surface area contributed by atoms with Crippen LogP contribution >= 0.6 is 11.8 Å². The van der Waals surface area contributed by atoms with Crippen LogP contribution in [0.5, 0.6) is 0 Å². The molecule has 1 atom stereocenters. The first-order chi connectivity index (χ1) is 5.66. The second-order valence-corrected chi connectivity index (χ2v) is 2.68. The molecule has 0 aliphatic rings. The zero-order chi connectivity index (χ0) is 9.14. The second kappa shape index (κ2) is 3.83. The van der Waals surface area contributed by atoms with Crippen LogP contribution in [0.25, 0.3) is 0 Å². The Morgan fingerprint density at radius 2 is 1.83 bits per heavy atom. The molecule has 0 bridgehead atoms. The van der Waals surface area contributed by atoms with Crippen LogP contribution in [0.15, 0.2) is 18.2 Å². The van der Waals surface area contributed by atoms with Gasteiger partial charge in [-0.25, -0.2) is 13.6 Å². The van der Waals surface area contributed by atoms with Gasteiger partial charge in [-0.1, -0.05) is 6.07 Å². The summed E-state index contributed by atoms with van der Waals surface area (Å²) in [7, 11) is 0. The first kappa shape index (κ1) is 9.42. The maximum absolute atomic E-state index is 12.9. The van der Waals surface area contributed by atoms with Crippen molar-refractivity contribution in [2.75, 3.05) is 0 Å². The van der Waals surface area contributed by atoms with Gasteiger partial charge in [0, 0.05) is 11.6 Å². The highest BCUT2D eigenvalue weighted by Crippen LogP contribution is 2.20. The Morgan fingerprint density at radius 3 is 2.25 bits per heavy atom. The third-order valence-corrected chi connectivity index (χ3v) is 1.92. The van der Waals surface area contributed by atoms with Gasteiger partial charge in [0.05, 0.1) is 0 Å². The van der Waals surface area contributed by atoms with E-state index in [1.165, 1.54) is 18.2 Å². The van der Waals surface area contributed by atoms with Gasteiger partial charge in [0.25, 0.3) is 0 Å². The van der Waals surface area contributed by atoms with E-state index in [1.54, 1.807) is 6.92 Å². The molecule has 1 rings (SSSR count). The van der Waals surface area contributed by atoms with Gasteiger partial charge in [0.15, 0.2) is 0 Å². The molecule has 12 heavy (non-hydrogen) atoms. The number of rotatable bonds is 2. The van der Waals surface area contributed by atoms with E-state index in [1.807, 2.05) is 0 Å². The molecular weight excluding hydrogens is 184 g/mol. The average molecular weight is 192 g/mol. The van der Waals surface area contributed by atoms with E-state index in [4.69, 9.17) is 11.8 Å². The number of hydrogen-bond donors (Lipinski definition) is 1. The summed E-state index contributed by atoms with van der Waals surface area (Å²) in [5.74, 6) is -1.17. The molecule has 1 unspecified atom stereocenters. The van der Waals surface area contributed by atoms with Gasteiger partial charge in [-0.2, -0.15) is 0 Å². The molecule has 0 spiro atoms. The van der Waals surface area contributed by atoms with Crippen molar-refractivity contribution in [3.63, 3.8) is 0 Å². The summed E-state index contributed by atoms with van der Waals surface area (Å²) >= 11 is 5.25. The van der Waals surface area contributed by atoms with Crippen LogP contribution in [0.4, 0.5) is 8.78 Å². The summed E-state index contributed by atoms with van der Waals surface area (Å²) in [4.78, 5) is 2.26. The first-order valence-electron chi connectivity index (χ1n) is 3.47. The Balaban J connectivity index is 3.12. The average Bonchev–Trinajstić information content (AvgIpc) is 2.03. The van der Waals surface area contributed by atoms with Gasteiger partial charge in [-0.15, -0.1) is 0 Å².